The molecule has 1 saturated heterocycles. The van der Waals surface area contributed by atoms with Crippen molar-refractivity contribution in [3.05, 3.63) is 18.2 Å². The number of aliphatic hydroxyl groups is 1. The van der Waals surface area contributed by atoms with Crippen LogP contribution in [0.3, 0.4) is 0 Å². The highest BCUT2D eigenvalue weighted by Crippen LogP contribution is 2.18. The van der Waals surface area contributed by atoms with E-state index in [1.54, 1.807) is 6.20 Å². The van der Waals surface area contributed by atoms with Crippen LogP contribution in [-0.4, -0.2) is 33.5 Å². The first-order valence-electron chi connectivity index (χ1n) is 6.09. The molecule has 4 heteroatoms. The summed E-state index contributed by atoms with van der Waals surface area (Å²) in [6.45, 7) is 3.83. The fourth-order valence-electron chi connectivity index (χ4n) is 2.25. The van der Waals surface area contributed by atoms with Gasteiger partial charge in [-0.05, 0) is 26.2 Å². The van der Waals surface area contributed by atoms with Gasteiger partial charge in [-0.25, -0.2) is 4.98 Å². The topological polar surface area (TPSA) is 47.3 Å². The fourth-order valence-corrected chi connectivity index (χ4v) is 2.25. The molecule has 1 aliphatic heterocycles. The Balaban J connectivity index is 1.84. The monoisotopic (exact) mass is 224 g/mol. The highest BCUT2D eigenvalue weighted by Gasteiger charge is 2.20. The lowest BCUT2D eigenvalue weighted by Crippen LogP contribution is -2.21. The van der Waals surface area contributed by atoms with E-state index >= 15 is 0 Å². The number of hydrogen-bond acceptors (Lipinski definition) is 3. The molecule has 90 valence electrons. The predicted molar refractivity (Wildman–Crippen MR) is 61.2 cm³/mol. The third kappa shape index (κ3) is 2.83. The second-order valence-electron chi connectivity index (χ2n) is 4.36. The zero-order chi connectivity index (χ0) is 11.4. The Morgan fingerprint density at radius 1 is 1.69 bits per heavy atom. The number of imidazole rings is 1. The number of ether oxygens (including phenoxy) is 1. The molecule has 1 fully saturated rings. The van der Waals surface area contributed by atoms with Crippen LogP contribution >= 0.6 is 0 Å². The number of nitrogens with zero attached hydrogens (tertiary/aromatic N) is 2. The summed E-state index contributed by atoms with van der Waals surface area (Å²) >= 11 is 0. The first-order chi connectivity index (χ1) is 7.79. The van der Waals surface area contributed by atoms with Gasteiger partial charge in [0.15, 0.2) is 0 Å². The molecule has 0 amide bonds. The van der Waals surface area contributed by atoms with Gasteiger partial charge in [-0.2, -0.15) is 0 Å². The molecule has 2 unspecified atom stereocenters. The molecule has 2 rings (SSSR count). The largest absolute Gasteiger partial charge is 0.393 e. The highest BCUT2D eigenvalue weighted by molar-refractivity contribution is 4.94. The van der Waals surface area contributed by atoms with E-state index in [1.165, 1.54) is 0 Å². The first kappa shape index (κ1) is 11.6. The van der Waals surface area contributed by atoms with E-state index in [-0.39, 0.29) is 12.2 Å². The lowest BCUT2D eigenvalue weighted by atomic mass is 10.1. The molecule has 1 aromatic heterocycles. The SMILES string of the molecule is CCn1ccnc1CC(O)CC1CCCO1. The van der Waals surface area contributed by atoms with Gasteiger partial charge in [-0.15, -0.1) is 0 Å². The minimum atomic E-state index is -0.337. The third-order valence-corrected chi connectivity index (χ3v) is 3.12. The zero-order valence-corrected chi connectivity index (χ0v) is 9.80. The van der Waals surface area contributed by atoms with E-state index in [1.807, 2.05) is 6.20 Å². The van der Waals surface area contributed by atoms with Crippen LogP contribution < -0.4 is 0 Å². The van der Waals surface area contributed by atoms with Crippen molar-refractivity contribution in [2.75, 3.05) is 6.61 Å². The minimum Gasteiger partial charge on any atom is -0.393 e. The standard InChI is InChI=1S/C12H20N2O2/c1-2-14-6-5-13-12(14)9-10(15)8-11-4-3-7-16-11/h5-6,10-11,15H,2-4,7-9H2,1H3. The molecule has 0 bridgehead atoms. The van der Waals surface area contributed by atoms with Gasteiger partial charge in [0.25, 0.3) is 0 Å². The maximum atomic E-state index is 9.97. The van der Waals surface area contributed by atoms with Gasteiger partial charge >= 0.3 is 0 Å². The molecular weight excluding hydrogens is 204 g/mol. The summed E-state index contributed by atoms with van der Waals surface area (Å²) < 4.78 is 7.58. The van der Waals surface area contributed by atoms with Crippen molar-refractivity contribution in [1.29, 1.82) is 0 Å². The first-order valence-corrected chi connectivity index (χ1v) is 6.09. The van der Waals surface area contributed by atoms with Gasteiger partial charge in [0, 0.05) is 32.0 Å². The van der Waals surface area contributed by atoms with E-state index in [0.717, 1.165) is 38.2 Å². The average Bonchev–Trinajstić information content (AvgIpc) is 2.88. The molecule has 1 N–H and O–H groups in total. The lowest BCUT2D eigenvalue weighted by Gasteiger charge is -2.15. The Bertz CT molecular complexity index is 319. The van der Waals surface area contributed by atoms with E-state index in [2.05, 4.69) is 16.5 Å². The number of rotatable bonds is 5. The summed E-state index contributed by atoms with van der Waals surface area (Å²) in [7, 11) is 0. The fraction of sp³-hybridized carbons (Fsp3) is 0.750. The molecule has 2 atom stereocenters. The summed E-state index contributed by atoms with van der Waals surface area (Å²) in [5, 5.41) is 9.97. The number of aromatic nitrogens is 2. The molecule has 0 radical (unpaired) electrons. The second-order valence-corrected chi connectivity index (χ2v) is 4.36. The Morgan fingerprint density at radius 2 is 2.56 bits per heavy atom. The number of hydrogen-bond donors (Lipinski definition) is 1. The van der Waals surface area contributed by atoms with Crippen molar-refractivity contribution in [2.45, 2.75) is 51.4 Å². The van der Waals surface area contributed by atoms with Gasteiger partial charge in [0.05, 0.1) is 12.2 Å². The Labute approximate surface area is 96.3 Å². The number of aryl methyl sites for hydroxylation is 1. The Kier molecular flexibility index (Phi) is 3.96. The van der Waals surface area contributed by atoms with Gasteiger partial charge in [-0.3, -0.25) is 0 Å². The Hall–Kier alpha value is -0.870. The molecule has 1 aromatic rings. The van der Waals surface area contributed by atoms with Crippen LogP contribution in [0.1, 0.15) is 32.0 Å². The molecule has 16 heavy (non-hydrogen) atoms. The summed E-state index contributed by atoms with van der Waals surface area (Å²) in [6.07, 6.45) is 7.22. The average molecular weight is 224 g/mol. The maximum absolute atomic E-state index is 9.97. The molecule has 0 aliphatic carbocycles. The molecule has 2 heterocycles. The number of aliphatic hydroxyl groups excluding tert-OH is 1. The van der Waals surface area contributed by atoms with Crippen molar-refractivity contribution in [3.8, 4) is 0 Å². The van der Waals surface area contributed by atoms with Crippen LogP contribution in [0.4, 0.5) is 0 Å². The van der Waals surface area contributed by atoms with Gasteiger partial charge in [0.2, 0.25) is 0 Å². The van der Waals surface area contributed by atoms with E-state index in [0.29, 0.717) is 6.42 Å². The van der Waals surface area contributed by atoms with Crippen molar-refractivity contribution in [3.63, 3.8) is 0 Å². The predicted octanol–water partition coefficient (Wildman–Crippen LogP) is 1.38. The van der Waals surface area contributed by atoms with Crippen LogP contribution in [0.2, 0.25) is 0 Å². The van der Waals surface area contributed by atoms with Crippen LogP contribution in [0.5, 0.6) is 0 Å². The summed E-state index contributed by atoms with van der Waals surface area (Å²) in [5.74, 6) is 0.966. The lowest BCUT2D eigenvalue weighted by molar-refractivity contribution is 0.0531. The molecule has 4 nitrogen and oxygen atoms in total. The molecular formula is C12H20N2O2. The van der Waals surface area contributed by atoms with Crippen molar-refractivity contribution >= 4 is 0 Å². The molecule has 1 aliphatic rings. The van der Waals surface area contributed by atoms with Crippen LogP contribution in [0.15, 0.2) is 12.4 Å². The Morgan fingerprint density at radius 3 is 3.25 bits per heavy atom. The summed E-state index contributed by atoms with van der Waals surface area (Å²) in [4.78, 5) is 4.26. The normalized spacial score (nSPS) is 22.5. The van der Waals surface area contributed by atoms with Gasteiger partial charge in [-0.1, -0.05) is 0 Å². The minimum absolute atomic E-state index is 0.250. The van der Waals surface area contributed by atoms with Gasteiger partial charge in [0.1, 0.15) is 5.82 Å². The highest BCUT2D eigenvalue weighted by atomic mass is 16.5. The second kappa shape index (κ2) is 5.46. The summed E-state index contributed by atoms with van der Waals surface area (Å²) in [6, 6.07) is 0. The molecule has 0 aromatic carbocycles. The summed E-state index contributed by atoms with van der Waals surface area (Å²) in [5.41, 5.74) is 0. The van der Waals surface area contributed by atoms with Crippen LogP contribution in [0, 0.1) is 0 Å². The van der Waals surface area contributed by atoms with E-state index in [9.17, 15) is 5.11 Å². The maximum Gasteiger partial charge on any atom is 0.111 e. The quantitative estimate of drug-likeness (QED) is 0.822. The van der Waals surface area contributed by atoms with Crippen LogP contribution in [0.25, 0.3) is 0 Å². The van der Waals surface area contributed by atoms with Crippen LogP contribution in [-0.2, 0) is 17.7 Å². The van der Waals surface area contributed by atoms with Crippen molar-refractivity contribution in [1.82, 2.24) is 9.55 Å². The smallest absolute Gasteiger partial charge is 0.111 e. The molecule has 0 saturated carbocycles. The third-order valence-electron chi connectivity index (χ3n) is 3.12. The zero-order valence-electron chi connectivity index (χ0n) is 9.80. The van der Waals surface area contributed by atoms with Crippen molar-refractivity contribution < 1.29 is 9.84 Å². The van der Waals surface area contributed by atoms with Gasteiger partial charge < -0.3 is 14.4 Å². The van der Waals surface area contributed by atoms with E-state index < -0.39 is 0 Å². The molecule has 0 spiro atoms. The van der Waals surface area contributed by atoms with E-state index in [4.69, 9.17) is 4.74 Å². The van der Waals surface area contributed by atoms with Crippen molar-refractivity contribution in [2.24, 2.45) is 0 Å².